The molecule has 0 radical (unpaired) electrons. The van der Waals surface area contributed by atoms with Crippen LogP contribution < -0.4 is 10.1 Å². The molecule has 0 saturated heterocycles. The quantitative estimate of drug-likeness (QED) is 0.739. The van der Waals surface area contributed by atoms with Crippen LogP contribution in [0.2, 0.25) is 10.0 Å². The monoisotopic (exact) mass is 395 g/mol. The molecule has 3 rings (SSSR count). The molecule has 26 heavy (non-hydrogen) atoms. The first-order valence-corrected chi connectivity index (χ1v) is 8.98. The molecule has 1 aliphatic heterocycles. The summed E-state index contributed by atoms with van der Waals surface area (Å²) in [5.74, 6) is 0.162. The number of benzene rings is 1. The third-order valence-corrected chi connectivity index (χ3v) is 5.19. The summed E-state index contributed by atoms with van der Waals surface area (Å²) < 4.78 is 5.54. The van der Waals surface area contributed by atoms with Gasteiger partial charge in [-0.15, -0.1) is 0 Å². The molecule has 0 bridgehead atoms. The summed E-state index contributed by atoms with van der Waals surface area (Å²) in [5, 5.41) is 23.3. The summed E-state index contributed by atoms with van der Waals surface area (Å²) >= 11 is 12.6. The second-order valence-corrected chi connectivity index (χ2v) is 7.86. The van der Waals surface area contributed by atoms with E-state index in [0.717, 1.165) is 11.3 Å². The minimum atomic E-state index is -0.907. The number of nitriles is 1. The first-order chi connectivity index (χ1) is 12.2. The summed E-state index contributed by atoms with van der Waals surface area (Å²) in [6, 6.07) is 3.49. The van der Waals surface area contributed by atoms with Gasteiger partial charge in [-0.05, 0) is 25.8 Å². The number of aliphatic hydroxyl groups is 1. The number of halogens is 2. The fraction of sp³-hybridized carbons (Fsp3) is 0.444. The van der Waals surface area contributed by atoms with Gasteiger partial charge in [0.1, 0.15) is 11.8 Å². The molecular formula is C18H19Cl2N3O3. The number of ether oxygens (including phenoxy) is 1. The van der Waals surface area contributed by atoms with Crippen LogP contribution in [0.1, 0.15) is 37.4 Å². The minimum absolute atomic E-state index is 0.122. The third kappa shape index (κ3) is 3.61. The molecular weight excluding hydrogens is 377 g/mol. The molecule has 1 unspecified atom stereocenters. The summed E-state index contributed by atoms with van der Waals surface area (Å²) in [7, 11) is 0. The summed E-state index contributed by atoms with van der Waals surface area (Å²) in [6.45, 7) is 3.72. The Morgan fingerprint density at radius 3 is 2.85 bits per heavy atom. The zero-order valence-corrected chi connectivity index (χ0v) is 16.0. The van der Waals surface area contributed by atoms with Crippen LogP contribution in [0.3, 0.4) is 0 Å². The standard InChI is InChI=1S/C18H19Cl2N3O3/c1-18(2,25)7-9-8-22-13(24)5-10-14-12(26-4-3-21)6-11(19)15(20)17(14)23-16(9)10/h6,9,23,25H,4-5,7-8H2,1-2H3,(H,22,24). The van der Waals surface area contributed by atoms with E-state index in [1.807, 2.05) is 6.07 Å². The largest absolute Gasteiger partial charge is 0.478 e. The molecule has 8 heteroatoms. The Balaban J connectivity index is 2.24. The Hall–Kier alpha value is -1.94. The van der Waals surface area contributed by atoms with Crippen molar-refractivity contribution in [2.24, 2.45) is 0 Å². The van der Waals surface area contributed by atoms with Crippen molar-refractivity contribution in [2.45, 2.75) is 38.2 Å². The predicted molar refractivity (Wildman–Crippen MR) is 99.8 cm³/mol. The first-order valence-electron chi connectivity index (χ1n) is 8.22. The van der Waals surface area contributed by atoms with Crippen LogP contribution in [0.25, 0.3) is 10.9 Å². The lowest BCUT2D eigenvalue weighted by molar-refractivity contribution is -0.120. The van der Waals surface area contributed by atoms with E-state index in [1.54, 1.807) is 19.9 Å². The van der Waals surface area contributed by atoms with Crippen LogP contribution in [0.4, 0.5) is 0 Å². The van der Waals surface area contributed by atoms with E-state index in [4.69, 9.17) is 33.2 Å². The van der Waals surface area contributed by atoms with Gasteiger partial charge in [0.05, 0.1) is 27.6 Å². The molecule has 0 spiro atoms. The van der Waals surface area contributed by atoms with Crippen molar-refractivity contribution in [2.75, 3.05) is 13.2 Å². The van der Waals surface area contributed by atoms with Crippen molar-refractivity contribution in [1.82, 2.24) is 10.3 Å². The number of nitrogens with zero attached hydrogens (tertiary/aromatic N) is 1. The molecule has 1 aromatic heterocycles. The smallest absolute Gasteiger partial charge is 0.224 e. The van der Waals surface area contributed by atoms with E-state index in [0.29, 0.717) is 39.7 Å². The van der Waals surface area contributed by atoms with Crippen molar-refractivity contribution >= 4 is 40.0 Å². The SMILES string of the molecule is CC(C)(O)CC1CNC(=O)Cc2c1[nH]c1c(Cl)c(Cl)cc(OCC#N)c21. The zero-order chi connectivity index (χ0) is 19.1. The van der Waals surface area contributed by atoms with Crippen molar-refractivity contribution in [3.63, 3.8) is 0 Å². The third-order valence-electron chi connectivity index (χ3n) is 4.40. The molecule has 2 heterocycles. The van der Waals surface area contributed by atoms with Crippen LogP contribution in [-0.4, -0.2) is 34.8 Å². The molecule has 0 aliphatic carbocycles. The van der Waals surface area contributed by atoms with Crippen LogP contribution in [0, 0.1) is 11.3 Å². The van der Waals surface area contributed by atoms with Gasteiger partial charge in [0, 0.05) is 29.6 Å². The van der Waals surface area contributed by atoms with Crippen LogP contribution in [0.15, 0.2) is 6.07 Å². The van der Waals surface area contributed by atoms with Gasteiger partial charge in [-0.25, -0.2) is 0 Å². The number of aromatic nitrogens is 1. The van der Waals surface area contributed by atoms with Gasteiger partial charge in [0.2, 0.25) is 5.91 Å². The van der Waals surface area contributed by atoms with E-state index >= 15 is 0 Å². The van der Waals surface area contributed by atoms with E-state index in [-0.39, 0.29) is 24.9 Å². The lowest BCUT2D eigenvalue weighted by Gasteiger charge is -2.24. The number of hydrogen-bond acceptors (Lipinski definition) is 4. The molecule has 1 atom stereocenters. The van der Waals surface area contributed by atoms with Crippen LogP contribution in [0.5, 0.6) is 5.75 Å². The molecule has 0 saturated carbocycles. The summed E-state index contributed by atoms with van der Waals surface area (Å²) in [4.78, 5) is 15.5. The maximum absolute atomic E-state index is 12.2. The highest BCUT2D eigenvalue weighted by Crippen LogP contribution is 2.43. The Kier molecular flexibility index (Phi) is 5.07. The summed E-state index contributed by atoms with van der Waals surface area (Å²) in [5.41, 5.74) is 1.25. The number of rotatable bonds is 4. The average molecular weight is 396 g/mol. The van der Waals surface area contributed by atoms with Gasteiger partial charge in [0.15, 0.2) is 6.61 Å². The fourth-order valence-corrected chi connectivity index (χ4v) is 3.85. The predicted octanol–water partition coefficient (Wildman–Crippen LogP) is 3.29. The van der Waals surface area contributed by atoms with Gasteiger partial charge in [0.25, 0.3) is 0 Å². The number of fused-ring (bicyclic) bond motifs is 3. The second kappa shape index (κ2) is 6.99. The van der Waals surface area contributed by atoms with Crippen molar-refractivity contribution < 1.29 is 14.6 Å². The lowest BCUT2D eigenvalue weighted by Crippen LogP contribution is -2.30. The van der Waals surface area contributed by atoms with Crippen LogP contribution in [-0.2, 0) is 11.2 Å². The van der Waals surface area contributed by atoms with Gasteiger partial charge >= 0.3 is 0 Å². The van der Waals surface area contributed by atoms with Gasteiger partial charge in [-0.2, -0.15) is 5.26 Å². The normalized spacial score (nSPS) is 17.4. The lowest BCUT2D eigenvalue weighted by atomic mass is 9.89. The minimum Gasteiger partial charge on any atom is -0.478 e. The number of hydrogen-bond donors (Lipinski definition) is 3. The second-order valence-electron chi connectivity index (χ2n) is 7.08. The Morgan fingerprint density at radius 2 is 2.19 bits per heavy atom. The molecule has 1 aliphatic rings. The maximum Gasteiger partial charge on any atom is 0.224 e. The van der Waals surface area contributed by atoms with Gasteiger partial charge in [-0.3, -0.25) is 4.79 Å². The van der Waals surface area contributed by atoms with E-state index < -0.39 is 5.60 Å². The molecule has 138 valence electrons. The average Bonchev–Trinajstić information content (AvgIpc) is 2.85. The van der Waals surface area contributed by atoms with Gasteiger partial charge < -0.3 is 20.1 Å². The van der Waals surface area contributed by atoms with Crippen LogP contribution >= 0.6 is 23.2 Å². The van der Waals surface area contributed by atoms with Crippen molar-refractivity contribution in [3.8, 4) is 11.8 Å². The molecule has 1 aromatic carbocycles. The Labute approximate surface area is 161 Å². The number of H-pyrrole nitrogens is 1. The fourth-order valence-electron chi connectivity index (χ4n) is 3.46. The number of aromatic amines is 1. The molecule has 0 fully saturated rings. The Morgan fingerprint density at radius 1 is 1.46 bits per heavy atom. The number of carbonyl (C=O) groups is 1. The van der Waals surface area contributed by atoms with Crippen molar-refractivity contribution in [3.05, 3.63) is 27.4 Å². The van der Waals surface area contributed by atoms with E-state index in [9.17, 15) is 9.90 Å². The summed E-state index contributed by atoms with van der Waals surface area (Å²) in [6.07, 6.45) is 0.603. The zero-order valence-electron chi connectivity index (χ0n) is 14.4. The number of carbonyl (C=O) groups excluding carboxylic acids is 1. The number of amides is 1. The molecule has 1 amide bonds. The molecule has 2 aromatic rings. The van der Waals surface area contributed by atoms with Gasteiger partial charge in [-0.1, -0.05) is 23.2 Å². The van der Waals surface area contributed by atoms with E-state index in [2.05, 4.69) is 10.3 Å². The highest BCUT2D eigenvalue weighted by atomic mass is 35.5. The highest BCUT2D eigenvalue weighted by Gasteiger charge is 2.31. The first kappa shape index (κ1) is 18.8. The molecule has 3 N–H and O–H groups in total. The topological polar surface area (TPSA) is 98.1 Å². The Bertz CT molecular complexity index is 909. The maximum atomic E-state index is 12.2. The van der Waals surface area contributed by atoms with E-state index in [1.165, 1.54) is 0 Å². The number of nitrogens with one attached hydrogen (secondary N) is 2. The van der Waals surface area contributed by atoms with Crippen molar-refractivity contribution in [1.29, 1.82) is 5.26 Å². The molecule has 6 nitrogen and oxygen atoms in total. The highest BCUT2D eigenvalue weighted by molar-refractivity contribution is 6.45.